The Hall–Kier alpha value is -2.99. The molecule has 0 aliphatic carbocycles. The van der Waals surface area contributed by atoms with Gasteiger partial charge in [-0.15, -0.1) is 11.3 Å². The summed E-state index contributed by atoms with van der Waals surface area (Å²) in [4.78, 5) is 6.31. The van der Waals surface area contributed by atoms with Crippen LogP contribution >= 0.6 is 11.3 Å². The van der Waals surface area contributed by atoms with Gasteiger partial charge in [-0.05, 0) is 48.9 Å². The summed E-state index contributed by atoms with van der Waals surface area (Å²) in [6.07, 6.45) is 0. The van der Waals surface area contributed by atoms with Gasteiger partial charge in [-0.2, -0.15) is 0 Å². The van der Waals surface area contributed by atoms with Crippen molar-refractivity contribution in [1.29, 1.82) is 5.41 Å². The lowest BCUT2D eigenvalue weighted by Crippen LogP contribution is -2.26. The van der Waals surface area contributed by atoms with Crippen LogP contribution in [0.15, 0.2) is 59.7 Å². The van der Waals surface area contributed by atoms with Crippen LogP contribution in [0.5, 0.6) is 0 Å². The van der Waals surface area contributed by atoms with Gasteiger partial charge in [0.1, 0.15) is 22.4 Å². The molecular weight excluding hydrogens is 349 g/mol. The lowest BCUT2D eigenvalue weighted by Gasteiger charge is -2.18. The number of nitrogens with one attached hydrogen (secondary N) is 1. The van der Waals surface area contributed by atoms with Crippen LogP contribution in [0.1, 0.15) is 10.6 Å². The van der Waals surface area contributed by atoms with E-state index >= 15 is 0 Å². The predicted molar refractivity (Wildman–Crippen MR) is 103 cm³/mol. The van der Waals surface area contributed by atoms with Crippen molar-refractivity contribution in [2.75, 3.05) is 11.4 Å². The Bertz CT molecular complexity index is 1020. The largest absolute Gasteiger partial charge is 0.510 e. The van der Waals surface area contributed by atoms with Gasteiger partial charge >= 0.3 is 0 Å². The summed E-state index contributed by atoms with van der Waals surface area (Å²) in [6, 6.07) is 13.9. The number of thiazole rings is 1. The number of hydrogen-bond acceptors (Lipinski definition) is 4. The van der Waals surface area contributed by atoms with Gasteiger partial charge < -0.3 is 10.0 Å². The van der Waals surface area contributed by atoms with Crippen molar-refractivity contribution >= 4 is 28.4 Å². The number of nitrogens with zero attached hydrogens (tertiary/aromatic N) is 2. The van der Waals surface area contributed by atoms with E-state index in [-0.39, 0.29) is 24.0 Å². The summed E-state index contributed by atoms with van der Waals surface area (Å²) < 4.78 is 13.1. The first kappa shape index (κ1) is 16.5. The minimum absolute atomic E-state index is 0.136. The first-order chi connectivity index (χ1) is 12.5. The maximum Gasteiger partial charge on any atom is 0.139 e. The molecule has 2 N–H and O–H groups in total. The van der Waals surface area contributed by atoms with Gasteiger partial charge in [-0.3, -0.25) is 5.41 Å². The Morgan fingerprint density at radius 3 is 2.69 bits per heavy atom. The summed E-state index contributed by atoms with van der Waals surface area (Å²) in [6.45, 7) is 2.25. The van der Waals surface area contributed by atoms with Gasteiger partial charge in [-0.25, -0.2) is 9.37 Å². The van der Waals surface area contributed by atoms with Crippen LogP contribution < -0.4 is 4.90 Å². The molecule has 4 nitrogen and oxygen atoms in total. The standard InChI is InChI=1S/C20H16FN3OS/c1-12-3-2-4-15(9-12)24-10-17(25)18(19(24)22)20-23-16(11-26-20)13-5-7-14(21)8-6-13/h2-9,11,22,25H,10H2,1H3. The van der Waals surface area contributed by atoms with E-state index in [4.69, 9.17) is 5.41 Å². The number of hydrogen-bond donors (Lipinski definition) is 2. The van der Waals surface area contributed by atoms with Crippen LogP contribution in [0.2, 0.25) is 0 Å². The van der Waals surface area contributed by atoms with E-state index in [0.29, 0.717) is 16.3 Å². The molecule has 130 valence electrons. The second-order valence-electron chi connectivity index (χ2n) is 6.14. The van der Waals surface area contributed by atoms with E-state index in [9.17, 15) is 9.50 Å². The third kappa shape index (κ3) is 2.88. The van der Waals surface area contributed by atoms with Crippen LogP contribution in [0.25, 0.3) is 16.8 Å². The van der Waals surface area contributed by atoms with Gasteiger partial charge in [0, 0.05) is 16.6 Å². The molecule has 1 aliphatic heterocycles. The summed E-state index contributed by atoms with van der Waals surface area (Å²) in [5.41, 5.74) is 3.91. The highest BCUT2D eigenvalue weighted by molar-refractivity contribution is 7.11. The highest BCUT2D eigenvalue weighted by Crippen LogP contribution is 2.34. The Morgan fingerprint density at radius 2 is 1.96 bits per heavy atom. The molecule has 0 amide bonds. The van der Waals surface area contributed by atoms with Crippen LogP contribution in [0.3, 0.4) is 0 Å². The van der Waals surface area contributed by atoms with Crippen molar-refractivity contribution in [2.24, 2.45) is 0 Å². The highest BCUT2D eigenvalue weighted by Gasteiger charge is 2.31. The van der Waals surface area contributed by atoms with Crippen LogP contribution in [-0.2, 0) is 0 Å². The fraction of sp³-hybridized carbons (Fsp3) is 0.100. The molecule has 0 bridgehead atoms. The number of aromatic nitrogens is 1. The quantitative estimate of drug-likeness (QED) is 0.685. The van der Waals surface area contributed by atoms with Crippen molar-refractivity contribution < 1.29 is 9.50 Å². The number of anilines is 1. The molecule has 0 saturated carbocycles. The topological polar surface area (TPSA) is 60.2 Å². The monoisotopic (exact) mass is 365 g/mol. The minimum atomic E-state index is -0.295. The number of amidine groups is 1. The van der Waals surface area contributed by atoms with E-state index in [1.165, 1.54) is 23.5 Å². The lowest BCUT2D eigenvalue weighted by molar-refractivity contribution is 0.411. The van der Waals surface area contributed by atoms with E-state index in [0.717, 1.165) is 16.8 Å². The van der Waals surface area contributed by atoms with Crippen molar-refractivity contribution in [3.8, 4) is 11.3 Å². The molecule has 6 heteroatoms. The number of aryl methyl sites for hydroxylation is 1. The molecule has 2 aromatic carbocycles. The molecular formula is C20H16FN3OS. The molecule has 0 radical (unpaired) electrons. The predicted octanol–water partition coefficient (Wildman–Crippen LogP) is 5.02. The molecule has 0 atom stereocenters. The molecule has 0 unspecified atom stereocenters. The average molecular weight is 365 g/mol. The van der Waals surface area contributed by atoms with Gasteiger partial charge in [0.15, 0.2) is 0 Å². The van der Waals surface area contributed by atoms with Crippen molar-refractivity contribution in [3.63, 3.8) is 0 Å². The lowest BCUT2D eigenvalue weighted by atomic mass is 10.2. The second kappa shape index (κ2) is 6.38. The molecule has 26 heavy (non-hydrogen) atoms. The van der Waals surface area contributed by atoms with E-state index < -0.39 is 0 Å². The normalized spacial score (nSPS) is 14.4. The van der Waals surface area contributed by atoms with Crippen molar-refractivity contribution in [1.82, 2.24) is 4.98 Å². The molecule has 1 aliphatic rings. The summed E-state index contributed by atoms with van der Waals surface area (Å²) in [5, 5.41) is 21.4. The van der Waals surface area contributed by atoms with Crippen LogP contribution in [-0.4, -0.2) is 22.5 Å². The van der Waals surface area contributed by atoms with E-state index in [1.54, 1.807) is 17.0 Å². The maximum atomic E-state index is 13.1. The summed E-state index contributed by atoms with van der Waals surface area (Å²) in [7, 11) is 0. The highest BCUT2D eigenvalue weighted by atomic mass is 32.1. The zero-order chi connectivity index (χ0) is 18.3. The average Bonchev–Trinajstić information content (AvgIpc) is 3.20. The second-order valence-corrected chi connectivity index (χ2v) is 7.00. The maximum absolute atomic E-state index is 13.1. The Labute approximate surface area is 154 Å². The molecule has 0 fully saturated rings. The third-order valence-electron chi connectivity index (χ3n) is 4.27. The van der Waals surface area contributed by atoms with Gasteiger partial charge in [-0.1, -0.05) is 12.1 Å². The van der Waals surface area contributed by atoms with Crippen molar-refractivity contribution in [2.45, 2.75) is 6.92 Å². The van der Waals surface area contributed by atoms with Crippen LogP contribution in [0.4, 0.5) is 10.1 Å². The van der Waals surface area contributed by atoms with Crippen molar-refractivity contribution in [3.05, 3.63) is 76.1 Å². The summed E-state index contributed by atoms with van der Waals surface area (Å²) >= 11 is 1.36. The number of aliphatic hydroxyl groups is 1. The molecule has 0 spiro atoms. The number of benzene rings is 2. The van der Waals surface area contributed by atoms with Crippen LogP contribution in [0, 0.1) is 18.2 Å². The van der Waals surface area contributed by atoms with Gasteiger partial charge in [0.05, 0.1) is 17.8 Å². The Morgan fingerprint density at radius 1 is 1.19 bits per heavy atom. The van der Waals surface area contributed by atoms with Gasteiger partial charge in [0.2, 0.25) is 0 Å². The molecule has 2 heterocycles. The first-order valence-electron chi connectivity index (χ1n) is 8.10. The summed E-state index contributed by atoms with van der Waals surface area (Å²) in [5.74, 6) is 0.0699. The SMILES string of the molecule is Cc1cccc(N2CC(O)=C(c3nc(-c4ccc(F)cc4)cs3)C2=N)c1. The Balaban J connectivity index is 1.65. The zero-order valence-corrected chi connectivity index (χ0v) is 14.8. The van der Waals surface area contributed by atoms with Gasteiger partial charge in [0.25, 0.3) is 0 Å². The molecule has 0 saturated heterocycles. The molecule has 1 aromatic heterocycles. The third-order valence-corrected chi connectivity index (χ3v) is 5.13. The fourth-order valence-corrected chi connectivity index (χ4v) is 3.86. The number of rotatable bonds is 3. The number of aliphatic hydroxyl groups excluding tert-OH is 1. The molecule has 3 aromatic rings. The van der Waals surface area contributed by atoms with E-state index in [1.807, 2.05) is 36.6 Å². The first-order valence-corrected chi connectivity index (χ1v) is 8.98. The molecule has 4 rings (SSSR count). The Kier molecular flexibility index (Phi) is 4.05. The smallest absolute Gasteiger partial charge is 0.139 e. The fourth-order valence-electron chi connectivity index (χ4n) is 2.96. The number of halogens is 1. The van der Waals surface area contributed by atoms with E-state index in [2.05, 4.69) is 4.98 Å². The minimum Gasteiger partial charge on any atom is -0.510 e. The zero-order valence-electron chi connectivity index (χ0n) is 14.0.